The van der Waals surface area contributed by atoms with Gasteiger partial charge in [-0.2, -0.15) is 0 Å². The molecule has 0 heterocycles. The highest BCUT2D eigenvalue weighted by molar-refractivity contribution is 5.84. The Kier molecular flexibility index (Phi) is 6.12. The number of phenolic OH excluding ortho intramolecular Hbond substituents is 3. The maximum absolute atomic E-state index is 10.1. The van der Waals surface area contributed by atoms with Crippen molar-refractivity contribution in [1.29, 1.82) is 0 Å². The van der Waals surface area contributed by atoms with Crippen LogP contribution in [0.3, 0.4) is 0 Å². The van der Waals surface area contributed by atoms with Gasteiger partial charge < -0.3 is 25.0 Å². The number of anilines is 3. The van der Waals surface area contributed by atoms with E-state index in [-0.39, 0.29) is 17.2 Å². The maximum atomic E-state index is 10.1. The lowest BCUT2D eigenvalue weighted by Crippen LogP contribution is -2.15. The number of phenols is 3. The number of aryl methyl sites for hydroxylation is 5. The van der Waals surface area contributed by atoms with Crippen LogP contribution in [0.4, 0.5) is 17.1 Å². The largest absolute Gasteiger partial charge is 0.508 e. The molecule has 0 aliphatic heterocycles. The standard InChI is InChI=1S/C29H29NO4/c1-17-12-23(31)8-11-27(17)34-26-9-6-22(7-10-26)30(28-18(2)13-24(32)14-19(28)3)29-20(4)15-25(33)16-21(29)5/h6-16,31-33H,1-5H3. The van der Waals surface area contributed by atoms with Crippen LogP contribution in [0.5, 0.6) is 28.7 Å². The monoisotopic (exact) mass is 455 g/mol. The molecule has 0 atom stereocenters. The summed E-state index contributed by atoms with van der Waals surface area (Å²) < 4.78 is 6.04. The molecule has 0 radical (unpaired) electrons. The summed E-state index contributed by atoms with van der Waals surface area (Å²) in [6.45, 7) is 9.80. The Bertz CT molecular complexity index is 1260. The average molecular weight is 456 g/mol. The Labute approximate surface area is 200 Å². The fraction of sp³-hybridized carbons (Fsp3) is 0.172. The van der Waals surface area contributed by atoms with Crippen LogP contribution >= 0.6 is 0 Å². The summed E-state index contributed by atoms with van der Waals surface area (Å²) >= 11 is 0. The molecule has 0 saturated heterocycles. The number of hydrogen-bond donors (Lipinski definition) is 3. The summed E-state index contributed by atoms with van der Waals surface area (Å²) in [6.07, 6.45) is 0. The second kappa shape index (κ2) is 9.02. The molecular formula is C29H29NO4. The lowest BCUT2D eigenvalue weighted by molar-refractivity contribution is 0.461. The molecule has 3 N–H and O–H groups in total. The highest BCUT2D eigenvalue weighted by Gasteiger charge is 2.21. The van der Waals surface area contributed by atoms with Gasteiger partial charge in [0.15, 0.2) is 0 Å². The fourth-order valence-corrected chi connectivity index (χ4v) is 4.48. The molecule has 34 heavy (non-hydrogen) atoms. The van der Waals surface area contributed by atoms with Crippen molar-refractivity contribution < 1.29 is 20.1 Å². The van der Waals surface area contributed by atoms with Crippen LogP contribution in [0.25, 0.3) is 0 Å². The van der Waals surface area contributed by atoms with E-state index in [9.17, 15) is 15.3 Å². The second-order valence-corrected chi connectivity index (χ2v) is 8.74. The molecule has 4 aromatic carbocycles. The van der Waals surface area contributed by atoms with Crippen LogP contribution in [-0.4, -0.2) is 15.3 Å². The van der Waals surface area contributed by atoms with Crippen molar-refractivity contribution in [2.24, 2.45) is 0 Å². The summed E-state index contributed by atoms with van der Waals surface area (Å²) in [6, 6.07) is 19.8. The number of ether oxygens (including phenoxy) is 1. The topological polar surface area (TPSA) is 73.2 Å². The van der Waals surface area contributed by atoms with Gasteiger partial charge in [-0.1, -0.05) is 0 Å². The molecule has 0 unspecified atom stereocenters. The molecule has 0 fully saturated rings. The van der Waals surface area contributed by atoms with Gasteiger partial charge in [0.2, 0.25) is 0 Å². The third kappa shape index (κ3) is 4.50. The lowest BCUT2D eigenvalue weighted by atomic mass is 10.0. The lowest BCUT2D eigenvalue weighted by Gasteiger charge is -2.31. The van der Waals surface area contributed by atoms with E-state index in [2.05, 4.69) is 4.90 Å². The van der Waals surface area contributed by atoms with Gasteiger partial charge in [-0.05, 0) is 129 Å². The summed E-state index contributed by atoms with van der Waals surface area (Å²) in [5, 5.41) is 29.9. The SMILES string of the molecule is Cc1cc(O)ccc1Oc1ccc(N(c2c(C)cc(O)cc2C)c2c(C)cc(O)cc2C)cc1. The van der Waals surface area contributed by atoms with E-state index in [0.29, 0.717) is 11.5 Å². The molecule has 0 aliphatic carbocycles. The number of rotatable bonds is 5. The van der Waals surface area contributed by atoms with E-state index >= 15 is 0 Å². The molecule has 174 valence electrons. The third-order valence-electron chi connectivity index (χ3n) is 5.88. The Hall–Kier alpha value is -4.12. The van der Waals surface area contributed by atoms with Gasteiger partial charge in [0.25, 0.3) is 0 Å². The van der Waals surface area contributed by atoms with E-state index in [1.165, 1.54) is 0 Å². The predicted octanol–water partition coefficient (Wildman–Crippen LogP) is 7.61. The van der Waals surface area contributed by atoms with Crippen molar-refractivity contribution >= 4 is 17.1 Å². The van der Waals surface area contributed by atoms with Crippen molar-refractivity contribution in [2.75, 3.05) is 4.90 Å². The van der Waals surface area contributed by atoms with Crippen molar-refractivity contribution in [3.63, 3.8) is 0 Å². The van der Waals surface area contributed by atoms with E-state index < -0.39 is 0 Å². The van der Waals surface area contributed by atoms with E-state index in [1.807, 2.05) is 58.9 Å². The van der Waals surface area contributed by atoms with Gasteiger partial charge in [-0.15, -0.1) is 0 Å². The van der Waals surface area contributed by atoms with Gasteiger partial charge in [-0.25, -0.2) is 0 Å². The summed E-state index contributed by atoms with van der Waals surface area (Å²) in [5.74, 6) is 2.01. The normalized spacial score (nSPS) is 10.9. The molecule has 0 aliphatic rings. The zero-order valence-electron chi connectivity index (χ0n) is 20.0. The first-order chi connectivity index (χ1) is 16.1. The Morgan fingerprint density at radius 2 is 0.971 bits per heavy atom. The van der Waals surface area contributed by atoms with Crippen LogP contribution < -0.4 is 9.64 Å². The smallest absolute Gasteiger partial charge is 0.130 e. The minimum absolute atomic E-state index is 0.204. The van der Waals surface area contributed by atoms with Crippen molar-refractivity contribution in [2.45, 2.75) is 34.6 Å². The molecule has 0 spiro atoms. The first-order valence-corrected chi connectivity index (χ1v) is 11.1. The van der Waals surface area contributed by atoms with Crippen molar-refractivity contribution in [3.8, 4) is 28.7 Å². The number of aromatic hydroxyl groups is 3. The van der Waals surface area contributed by atoms with Crippen LogP contribution in [-0.2, 0) is 0 Å². The second-order valence-electron chi connectivity index (χ2n) is 8.74. The quantitative estimate of drug-likeness (QED) is 0.289. The van der Waals surface area contributed by atoms with Crippen molar-refractivity contribution in [1.82, 2.24) is 0 Å². The summed E-state index contributed by atoms with van der Waals surface area (Å²) in [5.41, 5.74) is 7.44. The molecule has 0 aromatic heterocycles. The first-order valence-electron chi connectivity index (χ1n) is 11.1. The Morgan fingerprint density at radius 3 is 1.41 bits per heavy atom. The maximum Gasteiger partial charge on any atom is 0.130 e. The molecule has 0 bridgehead atoms. The number of hydrogen-bond acceptors (Lipinski definition) is 5. The van der Waals surface area contributed by atoms with Crippen LogP contribution in [0.2, 0.25) is 0 Å². The van der Waals surface area contributed by atoms with E-state index in [1.54, 1.807) is 42.5 Å². The minimum atomic E-state index is 0.204. The Morgan fingerprint density at radius 1 is 0.529 bits per heavy atom. The zero-order chi connectivity index (χ0) is 24.6. The van der Waals surface area contributed by atoms with Gasteiger partial charge in [0, 0.05) is 5.69 Å². The van der Waals surface area contributed by atoms with Crippen molar-refractivity contribution in [3.05, 3.63) is 94.5 Å². The molecule has 0 saturated carbocycles. The van der Waals surface area contributed by atoms with Gasteiger partial charge in [0.1, 0.15) is 28.7 Å². The van der Waals surface area contributed by atoms with Crippen LogP contribution in [0.1, 0.15) is 27.8 Å². The molecular weight excluding hydrogens is 426 g/mol. The highest BCUT2D eigenvalue weighted by atomic mass is 16.5. The zero-order valence-corrected chi connectivity index (χ0v) is 20.0. The van der Waals surface area contributed by atoms with Gasteiger partial charge in [-0.3, -0.25) is 0 Å². The molecule has 4 rings (SSSR count). The third-order valence-corrected chi connectivity index (χ3v) is 5.88. The molecule has 4 aromatic rings. The Balaban J connectivity index is 1.82. The summed E-state index contributed by atoms with van der Waals surface area (Å²) in [7, 11) is 0. The average Bonchev–Trinajstić information content (AvgIpc) is 2.74. The van der Waals surface area contributed by atoms with E-state index in [0.717, 1.165) is 44.9 Å². The van der Waals surface area contributed by atoms with E-state index in [4.69, 9.17) is 4.74 Å². The number of benzene rings is 4. The molecule has 0 amide bonds. The predicted molar refractivity (Wildman–Crippen MR) is 136 cm³/mol. The minimum Gasteiger partial charge on any atom is -0.508 e. The van der Waals surface area contributed by atoms with Gasteiger partial charge in [0.05, 0.1) is 11.4 Å². The van der Waals surface area contributed by atoms with Crippen LogP contribution in [0.15, 0.2) is 66.7 Å². The first kappa shape index (κ1) is 23.1. The fourth-order valence-electron chi connectivity index (χ4n) is 4.48. The van der Waals surface area contributed by atoms with Gasteiger partial charge >= 0.3 is 0 Å². The molecule has 5 nitrogen and oxygen atoms in total. The summed E-state index contributed by atoms with van der Waals surface area (Å²) in [4.78, 5) is 2.16. The molecule has 5 heteroatoms. The number of nitrogens with zero attached hydrogens (tertiary/aromatic N) is 1. The van der Waals surface area contributed by atoms with Crippen LogP contribution in [0, 0.1) is 34.6 Å². The highest BCUT2D eigenvalue weighted by Crippen LogP contribution is 2.44.